The van der Waals surface area contributed by atoms with Crippen LogP contribution in [0.4, 0.5) is 5.69 Å². The van der Waals surface area contributed by atoms with Crippen molar-refractivity contribution in [3.8, 4) is 5.75 Å². The van der Waals surface area contributed by atoms with Crippen molar-refractivity contribution in [2.45, 2.75) is 12.2 Å². The van der Waals surface area contributed by atoms with Crippen LogP contribution in [0.25, 0.3) is 0 Å². The number of ether oxygens (including phenoxy) is 3. The summed E-state index contributed by atoms with van der Waals surface area (Å²) < 4.78 is 15.4. The lowest BCUT2D eigenvalue weighted by Crippen LogP contribution is -2.48. The van der Waals surface area contributed by atoms with E-state index < -0.39 is 36.0 Å². The van der Waals surface area contributed by atoms with Crippen molar-refractivity contribution in [2.24, 2.45) is 0 Å². The number of halogens is 2. The highest BCUT2D eigenvalue weighted by molar-refractivity contribution is 6.34. The Morgan fingerprint density at radius 2 is 1.31 bits per heavy atom. The van der Waals surface area contributed by atoms with Gasteiger partial charge in [-0.25, -0.2) is 14.4 Å². The van der Waals surface area contributed by atoms with E-state index in [1.165, 1.54) is 55.6 Å². The van der Waals surface area contributed by atoms with Crippen LogP contribution in [0.3, 0.4) is 0 Å². The first-order chi connectivity index (χ1) is 17.2. The molecule has 9 nitrogen and oxygen atoms in total. The number of rotatable bonds is 9. The molecule has 0 bridgehead atoms. The lowest BCUT2D eigenvalue weighted by molar-refractivity contribution is -0.157. The number of esters is 2. The Balaban J connectivity index is 1.95. The number of carboxylic acid groups (broad SMARTS) is 1. The molecule has 0 heterocycles. The van der Waals surface area contributed by atoms with Crippen LogP contribution in [0.15, 0.2) is 72.8 Å². The monoisotopic (exact) mass is 531 g/mol. The van der Waals surface area contributed by atoms with E-state index in [-0.39, 0.29) is 26.9 Å². The van der Waals surface area contributed by atoms with E-state index >= 15 is 0 Å². The maximum Gasteiger partial charge on any atom is 0.349 e. The Bertz CT molecular complexity index is 1300. The number of carbonyl (C=O) groups is 4. The van der Waals surface area contributed by atoms with Gasteiger partial charge in [0.05, 0.1) is 28.3 Å². The minimum Gasteiger partial charge on any atom is -0.497 e. The summed E-state index contributed by atoms with van der Waals surface area (Å²) in [5, 5.41) is 12.3. The van der Waals surface area contributed by atoms with E-state index in [2.05, 4.69) is 5.32 Å². The van der Waals surface area contributed by atoms with E-state index in [4.69, 9.17) is 37.4 Å². The van der Waals surface area contributed by atoms with Crippen molar-refractivity contribution in [1.29, 1.82) is 0 Å². The Morgan fingerprint density at radius 3 is 1.81 bits per heavy atom. The van der Waals surface area contributed by atoms with Crippen LogP contribution in [0.5, 0.6) is 5.75 Å². The summed E-state index contributed by atoms with van der Waals surface area (Å²) in [6.45, 7) is 0. The molecule has 2 N–H and O–H groups in total. The molecule has 36 heavy (non-hydrogen) atoms. The van der Waals surface area contributed by atoms with Crippen molar-refractivity contribution >= 4 is 52.7 Å². The molecule has 0 saturated carbocycles. The molecule has 3 aromatic rings. The average molecular weight is 532 g/mol. The summed E-state index contributed by atoms with van der Waals surface area (Å²) in [6.07, 6.45) is -4.34. The van der Waals surface area contributed by atoms with Gasteiger partial charge >= 0.3 is 17.9 Å². The van der Waals surface area contributed by atoms with Crippen molar-refractivity contribution in [1.82, 2.24) is 0 Å². The molecule has 0 spiro atoms. The smallest absolute Gasteiger partial charge is 0.349 e. The molecule has 0 aliphatic heterocycles. The van der Waals surface area contributed by atoms with E-state index in [1.807, 2.05) is 0 Å². The Morgan fingerprint density at radius 1 is 0.778 bits per heavy atom. The highest BCUT2D eigenvalue weighted by atomic mass is 35.5. The first-order valence-corrected chi connectivity index (χ1v) is 11.1. The van der Waals surface area contributed by atoms with Crippen LogP contribution < -0.4 is 10.1 Å². The number of carbonyl (C=O) groups excluding carboxylic acids is 3. The van der Waals surface area contributed by atoms with Gasteiger partial charge < -0.3 is 24.6 Å². The summed E-state index contributed by atoms with van der Waals surface area (Å²) in [4.78, 5) is 50.7. The lowest BCUT2D eigenvalue weighted by Gasteiger charge is -2.24. The number of amides is 1. The minimum absolute atomic E-state index is 0.00270. The average Bonchev–Trinajstić information content (AvgIpc) is 2.86. The Kier molecular flexibility index (Phi) is 8.88. The fourth-order valence-electron chi connectivity index (χ4n) is 3.02. The SMILES string of the molecule is COc1cccc(NC(=O)[C@H](OC(=O)c2ccccc2Cl)[C@H](OC(=O)c2ccccc2Cl)C(=O)O)c1. The number of aliphatic carboxylic acids is 1. The van der Waals surface area contributed by atoms with E-state index in [0.717, 1.165) is 0 Å². The molecule has 3 rings (SSSR count). The van der Waals surface area contributed by atoms with Gasteiger partial charge in [0, 0.05) is 11.8 Å². The van der Waals surface area contributed by atoms with Crippen molar-refractivity contribution in [3.63, 3.8) is 0 Å². The van der Waals surface area contributed by atoms with Gasteiger partial charge in [0.25, 0.3) is 5.91 Å². The maximum atomic E-state index is 13.2. The van der Waals surface area contributed by atoms with Crippen LogP contribution in [0, 0.1) is 0 Å². The molecule has 0 aliphatic carbocycles. The molecule has 2 atom stereocenters. The summed E-state index contributed by atoms with van der Waals surface area (Å²) in [6, 6.07) is 17.7. The molecule has 1 amide bonds. The van der Waals surface area contributed by atoms with Gasteiger partial charge in [0.1, 0.15) is 5.75 Å². The topological polar surface area (TPSA) is 128 Å². The molecule has 0 unspecified atom stereocenters. The summed E-state index contributed by atoms with van der Waals surface area (Å²) in [7, 11) is 1.42. The Labute approximate surface area is 215 Å². The van der Waals surface area contributed by atoms with Crippen LogP contribution >= 0.6 is 23.2 Å². The normalized spacial score (nSPS) is 12.1. The van der Waals surface area contributed by atoms with E-state index in [9.17, 15) is 24.3 Å². The number of nitrogens with one attached hydrogen (secondary N) is 1. The van der Waals surface area contributed by atoms with Gasteiger partial charge in [-0.2, -0.15) is 0 Å². The second kappa shape index (κ2) is 12.1. The number of hydrogen-bond acceptors (Lipinski definition) is 7. The molecule has 0 saturated heterocycles. The third-order valence-corrected chi connectivity index (χ3v) is 5.43. The zero-order valence-corrected chi connectivity index (χ0v) is 20.2. The molecule has 0 fully saturated rings. The molecule has 186 valence electrons. The maximum absolute atomic E-state index is 13.2. The van der Waals surface area contributed by atoms with Crippen LogP contribution in [0.1, 0.15) is 20.7 Å². The van der Waals surface area contributed by atoms with Gasteiger partial charge in [-0.15, -0.1) is 0 Å². The molecule has 0 radical (unpaired) electrons. The molecule has 11 heteroatoms. The first-order valence-electron chi connectivity index (χ1n) is 10.3. The van der Waals surface area contributed by atoms with Gasteiger partial charge in [-0.05, 0) is 36.4 Å². The zero-order chi connectivity index (χ0) is 26.2. The number of benzene rings is 3. The fourth-order valence-corrected chi connectivity index (χ4v) is 3.45. The summed E-state index contributed by atoms with van der Waals surface area (Å²) in [5.41, 5.74) is -0.0607. The first kappa shape index (κ1) is 26.5. The Hall–Kier alpha value is -4.08. The fraction of sp³-hybridized carbons (Fsp3) is 0.120. The standard InChI is InChI=1S/C25H19Cl2NO8/c1-34-15-8-6-7-14(13-15)28-22(29)20(35-24(32)16-9-2-4-11-18(16)26)21(23(30)31)36-25(33)17-10-3-5-12-19(17)27/h2-13,20-21H,1H3,(H,28,29)(H,30,31)/t20-,21+/m1/s1. The molecule has 0 aromatic heterocycles. The third-order valence-electron chi connectivity index (χ3n) is 4.77. The van der Waals surface area contributed by atoms with Crippen molar-refractivity contribution < 1.29 is 38.5 Å². The van der Waals surface area contributed by atoms with E-state index in [1.54, 1.807) is 24.3 Å². The number of methoxy groups -OCH3 is 1. The van der Waals surface area contributed by atoms with Gasteiger partial charge in [0.2, 0.25) is 12.2 Å². The minimum atomic E-state index is -2.23. The largest absolute Gasteiger partial charge is 0.497 e. The number of carboxylic acids is 1. The molecule has 0 aliphatic rings. The molecule has 3 aromatic carbocycles. The van der Waals surface area contributed by atoms with Gasteiger partial charge in [0.15, 0.2) is 0 Å². The predicted octanol–water partition coefficient (Wildman–Crippen LogP) is 4.48. The predicted molar refractivity (Wildman–Crippen MR) is 131 cm³/mol. The second-order valence-corrected chi connectivity index (χ2v) is 7.99. The molecular formula is C25H19Cl2NO8. The number of hydrogen-bond donors (Lipinski definition) is 2. The van der Waals surface area contributed by atoms with Crippen LogP contribution in [0.2, 0.25) is 10.0 Å². The highest BCUT2D eigenvalue weighted by Crippen LogP contribution is 2.22. The van der Waals surface area contributed by atoms with Crippen molar-refractivity contribution in [2.75, 3.05) is 12.4 Å². The van der Waals surface area contributed by atoms with Crippen molar-refractivity contribution in [3.05, 3.63) is 94.0 Å². The molecular weight excluding hydrogens is 513 g/mol. The second-order valence-electron chi connectivity index (χ2n) is 7.17. The van der Waals surface area contributed by atoms with Crippen LogP contribution in [-0.2, 0) is 19.1 Å². The quantitative estimate of drug-likeness (QED) is 0.387. The summed E-state index contributed by atoms with van der Waals surface area (Å²) in [5.74, 6) is -4.67. The lowest BCUT2D eigenvalue weighted by atomic mass is 10.1. The van der Waals surface area contributed by atoms with Crippen LogP contribution in [-0.4, -0.2) is 48.2 Å². The highest BCUT2D eigenvalue weighted by Gasteiger charge is 2.41. The van der Waals surface area contributed by atoms with Gasteiger partial charge in [-0.1, -0.05) is 53.5 Å². The number of anilines is 1. The third kappa shape index (κ3) is 6.53. The van der Waals surface area contributed by atoms with Gasteiger partial charge in [-0.3, -0.25) is 4.79 Å². The zero-order valence-electron chi connectivity index (χ0n) is 18.6. The summed E-state index contributed by atoms with van der Waals surface area (Å²) >= 11 is 12.0. The van der Waals surface area contributed by atoms with E-state index in [0.29, 0.717) is 5.75 Å².